The monoisotopic (exact) mass is 194 g/mol. The van der Waals surface area contributed by atoms with Crippen LogP contribution in [0.25, 0.3) is 0 Å². The SMILES string of the molecule is CCNc1nc(C)nc(N(C)C)c1C. The highest BCUT2D eigenvalue weighted by Gasteiger charge is 2.09. The summed E-state index contributed by atoms with van der Waals surface area (Å²) in [4.78, 5) is 10.8. The van der Waals surface area contributed by atoms with Crippen molar-refractivity contribution >= 4 is 11.6 Å². The van der Waals surface area contributed by atoms with Crippen LogP contribution < -0.4 is 10.2 Å². The molecule has 4 heteroatoms. The lowest BCUT2D eigenvalue weighted by molar-refractivity contribution is 0.963. The zero-order valence-electron chi connectivity index (χ0n) is 9.55. The van der Waals surface area contributed by atoms with Gasteiger partial charge >= 0.3 is 0 Å². The van der Waals surface area contributed by atoms with Gasteiger partial charge in [-0.15, -0.1) is 0 Å². The van der Waals surface area contributed by atoms with E-state index in [1.165, 1.54) is 0 Å². The zero-order chi connectivity index (χ0) is 10.7. The highest BCUT2D eigenvalue weighted by atomic mass is 15.2. The van der Waals surface area contributed by atoms with Crippen molar-refractivity contribution in [1.82, 2.24) is 9.97 Å². The number of nitrogens with one attached hydrogen (secondary N) is 1. The third kappa shape index (κ3) is 2.13. The molecule has 0 aliphatic rings. The lowest BCUT2D eigenvalue weighted by atomic mass is 10.3. The Bertz CT molecular complexity index is 320. The van der Waals surface area contributed by atoms with Crippen molar-refractivity contribution in [3.63, 3.8) is 0 Å². The van der Waals surface area contributed by atoms with Gasteiger partial charge in [-0.3, -0.25) is 0 Å². The Morgan fingerprint density at radius 1 is 1.21 bits per heavy atom. The molecular formula is C10H18N4. The van der Waals surface area contributed by atoms with Crippen molar-refractivity contribution in [1.29, 1.82) is 0 Å². The van der Waals surface area contributed by atoms with Crippen LogP contribution in [0.1, 0.15) is 18.3 Å². The van der Waals surface area contributed by atoms with E-state index in [4.69, 9.17) is 0 Å². The van der Waals surface area contributed by atoms with Crippen molar-refractivity contribution in [3.05, 3.63) is 11.4 Å². The summed E-state index contributed by atoms with van der Waals surface area (Å²) in [5.41, 5.74) is 1.10. The van der Waals surface area contributed by atoms with Gasteiger partial charge in [-0.2, -0.15) is 0 Å². The van der Waals surface area contributed by atoms with Crippen LogP contribution in [0, 0.1) is 13.8 Å². The molecule has 1 rings (SSSR count). The Labute approximate surface area is 85.4 Å². The molecule has 1 N–H and O–H groups in total. The zero-order valence-corrected chi connectivity index (χ0v) is 9.55. The Hall–Kier alpha value is -1.32. The van der Waals surface area contributed by atoms with E-state index in [0.717, 1.165) is 29.6 Å². The smallest absolute Gasteiger partial charge is 0.136 e. The maximum absolute atomic E-state index is 4.39. The van der Waals surface area contributed by atoms with Crippen LogP contribution in [0.4, 0.5) is 11.6 Å². The molecule has 1 aromatic rings. The van der Waals surface area contributed by atoms with Crippen LogP contribution in [-0.4, -0.2) is 30.6 Å². The molecule has 0 unspecified atom stereocenters. The van der Waals surface area contributed by atoms with Gasteiger partial charge in [0, 0.05) is 26.2 Å². The summed E-state index contributed by atoms with van der Waals surface area (Å²) in [6, 6.07) is 0. The molecule has 0 fully saturated rings. The maximum Gasteiger partial charge on any atom is 0.136 e. The molecule has 0 aliphatic heterocycles. The minimum atomic E-state index is 0.801. The number of aryl methyl sites for hydroxylation is 1. The van der Waals surface area contributed by atoms with Gasteiger partial charge in [0.1, 0.15) is 17.5 Å². The molecule has 1 aromatic heterocycles. The summed E-state index contributed by atoms with van der Waals surface area (Å²) in [6.45, 7) is 6.89. The van der Waals surface area contributed by atoms with E-state index in [1.807, 2.05) is 32.8 Å². The normalized spacial score (nSPS) is 10.1. The first-order valence-corrected chi connectivity index (χ1v) is 4.82. The van der Waals surface area contributed by atoms with Crippen molar-refractivity contribution in [2.75, 3.05) is 30.9 Å². The fourth-order valence-corrected chi connectivity index (χ4v) is 1.39. The van der Waals surface area contributed by atoms with Gasteiger partial charge in [0.25, 0.3) is 0 Å². The number of anilines is 2. The van der Waals surface area contributed by atoms with Crippen LogP contribution in [0.15, 0.2) is 0 Å². The first-order chi connectivity index (χ1) is 6.56. The van der Waals surface area contributed by atoms with Crippen molar-refractivity contribution in [2.24, 2.45) is 0 Å². The Morgan fingerprint density at radius 2 is 1.86 bits per heavy atom. The molecule has 14 heavy (non-hydrogen) atoms. The topological polar surface area (TPSA) is 41.1 Å². The number of nitrogens with zero attached hydrogens (tertiary/aromatic N) is 3. The third-order valence-electron chi connectivity index (χ3n) is 2.00. The predicted octanol–water partition coefficient (Wildman–Crippen LogP) is 1.59. The number of hydrogen-bond acceptors (Lipinski definition) is 4. The highest BCUT2D eigenvalue weighted by Crippen LogP contribution is 2.21. The molecule has 78 valence electrons. The number of rotatable bonds is 3. The molecule has 0 radical (unpaired) electrons. The second kappa shape index (κ2) is 4.26. The Morgan fingerprint density at radius 3 is 2.36 bits per heavy atom. The molecule has 4 nitrogen and oxygen atoms in total. The summed E-state index contributed by atoms with van der Waals surface area (Å²) < 4.78 is 0. The van der Waals surface area contributed by atoms with Gasteiger partial charge in [-0.25, -0.2) is 9.97 Å². The Kier molecular flexibility index (Phi) is 3.28. The molecule has 0 saturated heterocycles. The number of aromatic nitrogens is 2. The lowest BCUT2D eigenvalue weighted by Crippen LogP contribution is -2.15. The van der Waals surface area contributed by atoms with Gasteiger partial charge in [0.05, 0.1) is 0 Å². The molecule has 0 saturated carbocycles. The summed E-state index contributed by atoms with van der Waals surface area (Å²) in [6.07, 6.45) is 0. The first kappa shape index (κ1) is 10.8. The molecule has 0 aliphatic carbocycles. The molecular weight excluding hydrogens is 176 g/mol. The predicted molar refractivity (Wildman–Crippen MR) is 60.0 cm³/mol. The van der Waals surface area contributed by atoms with E-state index in [9.17, 15) is 0 Å². The first-order valence-electron chi connectivity index (χ1n) is 4.82. The van der Waals surface area contributed by atoms with Gasteiger partial charge in [0.2, 0.25) is 0 Å². The molecule has 0 amide bonds. The van der Waals surface area contributed by atoms with Crippen LogP contribution >= 0.6 is 0 Å². The fourth-order valence-electron chi connectivity index (χ4n) is 1.39. The fraction of sp³-hybridized carbons (Fsp3) is 0.600. The largest absolute Gasteiger partial charge is 0.370 e. The second-order valence-electron chi connectivity index (χ2n) is 3.49. The molecule has 0 bridgehead atoms. The quantitative estimate of drug-likeness (QED) is 0.793. The van der Waals surface area contributed by atoms with Crippen LogP contribution in [0.2, 0.25) is 0 Å². The van der Waals surface area contributed by atoms with Gasteiger partial charge in [-0.05, 0) is 20.8 Å². The molecule has 0 atom stereocenters. The summed E-state index contributed by atoms with van der Waals surface area (Å²) in [5, 5.41) is 3.23. The van der Waals surface area contributed by atoms with Gasteiger partial charge in [-0.1, -0.05) is 0 Å². The standard InChI is InChI=1S/C10H18N4/c1-6-11-9-7(2)10(14(4)5)13-8(3)12-9/h6H2,1-5H3,(H,11,12,13). The van der Waals surface area contributed by atoms with Gasteiger partial charge < -0.3 is 10.2 Å². The summed E-state index contributed by atoms with van der Waals surface area (Å²) in [5.74, 6) is 2.72. The van der Waals surface area contributed by atoms with Crippen LogP contribution in [-0.2, 0) is 0 Å². The third-order valence-corrected chi connectivity index (χ3v) is 2.00. The second-order valence-corrected chi connectivity index (χ2v) is 3.49. The molecule has 0 aromatic carbocycles. The van der Waals surface area contributed by atoms with Crippen molar-refractivity contribution < 1.29 is 0 Å². The van der Waals surface area contributed by atoms with E-state index >= 15 is 0 Å². The minimum absolute atomic E-state index is 0.801. The van der Waals surface area contributed by atoms with E-state index < -0.39 is 0 Å². The summed E-state index contributed by atoms with van der Waals surface area (Å²) >= 11 is 0. The van der Waals surface area contributed by atoms with E-state index in [-0.39, 0.29) is 0 Å². The molecule has 0 spiro atoms. The average Bonchev–Trinajstić information content (AvgIpc) is 2.10. The van der Waals surface area contributed by atoms with Crippen molar-refractivity contribution in [2.45, 2.75) is 20.8 Å². The van der Waals surface area contributed by atoms with E-state index in [2.05, 4.69) is 22.2 Å². The lowest BCUT2D eigenvalue weighted by Gasteiger charge is -2.17. The van der Waals surface area contributed by atoms with E-state index in [1.54, 1.807) is 0 Å². The molecule has 1 heterocycles. The minimum Gasteiger partial charge on any atom is -0.370 e. The van der Waals surface area contributed by atoms with Crippen LogP contribution in [0.5, 0.6) is 0 Å². The summed E-state index contributed by atoms with van der Waals surface area (Å²) in [7, 11) is 3.98. The Balaban J connectivity index is 3.18. The van der Waals surface area contributed by atoms with Crippen LogP contribution in [0.3, 0.4) is 0 Å². The number of hydrogen-bond donors (Lipinski definition) is 1. The highest BCUT2D eigenvalue weighted by molar-refractivity contribution is 5.57. The maximum atomic E-state index is 4.39. The van der Waals surface area contributed by atoms with Gasteiger partial charge in [0.15, 0.2) is 0 Å². The average molecular weight is 194 g/mol. The van der Waals surface area contributed by atoms with E-state index in [0.29, 0.717) is 0 Å². The van der Waals surface area contributed by atoms with Crippen molar-refractivity contribution in [3.8, 4) is 0 Å².